The van der Waals surface area contributed by atoms with Gasteiger partial charge in [-0.05, 0) is 27.2 Å². The van der Waals surface area contributed by atoms with E-state index in [0.29, 0.717) is 32.7 Å². The number of unbranched alkanes of at least 4 members (excludes halogenated alkanes) is 2. The van der Waals surface area contributed by atoms with Crippen LogP contribution in [0.2, 0.25) is 0 Å². The molecule has 0 aromatic carbocycles. The third-order valence-corrected chi connectivity index (χ3v) is 3.95. The molecule has 144 valence electrons. The quantitative estimate of drug-likeness (QED) is 0.710. The average molecular weight is 355 g/mol. The first kappa shape index (κ1) is 21.3. The first-order chi connectivity index (χ1) is 11.7. The van der Waals surface area contributed by atoms with Crippen molar-refractivity contribution < 1.29 is 19.1 Å². The summed E-state index contributed by atoms with van der Waals surface area (Å²) < 4.78 is 5.34. The average Bonchev–Trinajstić information content (AvgIpc) is 2.55. The van der Waals surface area contributed by atoms with Crippen LogP contribution in [0.4, 0.5) is 4.79 Å². The molecule has 1 aliphatic rings. The SMILES string of the molecule is CCCCCNC(=O)CCC(=O)N1CCN(C(=O)OC(C)(C)C)CC1. The van der Waals surface area contributed by atoms with E-state index in [4.69, 9.17) is 4.74 Å². The summed E-state index contributed by atoms with van der Waals surface area (Å²) >= 11 is 0. The van der Waals surface area contributed by atoms with E-state index in [1.807, 2.05) is 20.8 Å². The van der Waals surface area contributed by atoms with Gasteiger partial charge in [0, 0.05) is 45.6 Å². The van der Waals surface area contributed by atoms with Gasteiger partial charge in [-0.25, -0.2) is 4.79 Å². The Bertz CT molecular complexity index is 452. The monoisotopic (exact) mass is 355 g/mol. The lowest BCUT2D eigenvalue weighted by atomic mass is 10.2. The minimum Gasteiger partial charge on any atom is -0.444 e. The van der Waals surface area contributed by atoms with Crippen LogP contribution in [0.1, 0.15) is 59.8 Å². The first-order valence-electron chi connectivity index (χ1n) is 9.25. The van der Waals surface area contributed by atoms with Crippen LogP contribution in [0.3, 0.4) is 0 Å². The topological polar surface area (TPSA) is 79.0 Å². The highest BCUT2D eigenvalue weighted by Gasteiger charge is 2.27. The van der Waals surface area contributed by atoms with Gasteiger partial charge in [-0.1, -0.05) is 19.8 Å². The molecule has 0 saturated carbocycles. The highest BCUT2D eigenvalue weighted by molar-refractivity contribution is 5.84. The standard InChI is InChI=1S/C18H33N3O4/c1-5-6-7-10-19-15(22)8-9-16(23)20-11-13-21(14-12-20)17(24)25-18(2,3)4/h5-14H2,1-4H3,(H,19,22). The van der Waals surface area contributed by atoms with Crippen molar-refractivity contribution in [2.45, 2.75) is 65.4 Å². The number of hydrogen-bond donors (Lipinski definition) is 1. The molecule has 1 aliphatic heterocycles. The zero-order valence-corrected chi connectivity index (χ0v) is 16.1. The Morgan fingerprint density at radius 3 is 2.12 bits per heavy atom. The molecule has 25 heavy (non-hydrogen) atoms. The molecule has 7 heteroatoms. The third-order valence-electron chi connectivity index (χ3n) is 3.95. The van der Waals surface area contributed by atoms with Gasteiger partial charge in [0.15, 0.2) is 0 Å². The number of nitrogens with one attached hydrogen (secondary N) is 1. The molecular formula is C18H33N3O4. The van der Waals surface area contributed by atoms with Crippen molar-refractivity contribution in [1.82, 2.24) is 15.1 Å². The van der Waals surface area contributed by atoms with Crippen LogP contribution in [0, 0.1) is 0 Å². The second-order valence-corrected chi connectivity index (χ2v) is 7.41. The van der Waals surface area contributed by atoms with Gasteiger partial charge in [0.05, 0.1) is 0 Å². The molecule has 0 aromatic heterocycles. The molecule has 0 spiro atoms. The normalized spacial score (nSPS) is 15.0. The van der Waals surface area contributed by atoms with E-state index in [9.17, 15) is 14.4 Å². The smallest absolute Gasteiger partial charge is 0.410 e. The Balaban J connectivity index is 2.24. The van der Waals surface area contributed by atoms with Crippen LogP contribution in [0.5, 0.6) is 0 Å². The zero-order valence-electron chi connectivity index (χ0n) is 16.1. The van der Waals surface area contributed by atoms with Gasteiger partial charge in [0.1, 0.15) is 5.60 Å². The van der Waals surface area contributed by atoms with Gasteiger partial charge in [0.25, 0.3) is 0 Å². The molecule has 3 amide bonds. The fourth-order valence-corrected chi connectivity index (χ4v) is 2.53. The molecular weight excluding hydrogens is 322 g/mol. The van der Waals surface area contributed by atoms with Crippen LogP contribution >= 0.6 is 0 Å². The number of carbonyl (C=O) groups excluding carboxylic acids is 3. The molecule has 0 bridgehead atoms. The van der Waals surface area contributed by atoms with Gasteiger partial charge in [-0.2, -0.15) is 0 Å². The first-order valence-corrected chi connectivity index (χ1v) is 9.25. The van der Waals surface area contributed by atoms with E-state index in [2.05, 4.69) is 12.2 Å². The predicted molar refractivity (Wildman–Crippen MR) is 96.2 cm³/mol. The molecule has 1 rings (SSSR count). The van der Waals surface area contributed by atoms with Gasteiger partial charge in [0.2, 0.25) is 11.8 Å². The van der Waals surface area contributed by atoms with Crippen molar-refractivity contribution >= 4 is 17.9 Å². The maximum absolute atomic E-state index is 12.2. The summed E-state index contributed by atoms with van der Waals surface area (Å²) in [5.41, 5.74) is -0.519. The number of carbonyl (C=O) groups is 3. The van der Waals surface area contributed by atoms with Crippen molar-refractivity contribution in [1.29, 1.82) is 0 Å². The maximum atomic E-state index is 12.2. The highest BCUT2D eigenvalue weighted by Crippen LogP contribution is 2.12. The summed E-state index contributed by atoms with van der Waals surface area (Å²) in [4.78, 5) is 39.2. The largest absolute Gasteiger partial charge is 0.444 e. The van der Waals surface area contributed by atoms with Crippen LogP contribution in [0.15, 0.2) is 0 Å². The van der Waals surface area contributed by atoms with Gasteiger partial charge >= 0.3 is 6.09 Å². The van der Waals surface area contributed by atoms with Crippen LogP contribution in [-0.2, 0) is 14.3 Å². The number of ether oxygens (including phenoxy) is 1. The predicted octanol–water partition coefficient (Wildman–Crippen LogP) is 2.15. The van der Waals surface area contributed by atoms with Gasteiger partial charge < -0.3 is 19.9 Å². The van der Waals surface area contributed by atoms with Crippen LogP contribution < -0.4 is 5.32 Å². The number of hydrogen-bond acceptors (Lipinski definition) is 4. The highest BCUT2D eigenvalue weighted by atomic mass is 16.6. The van der Waals surface area contributed by atoms with Gasteiger partial charge in [-0.3, -0.25) is 9.59 Å². The van der Waals surface area contributed by atoms with E-state index < -0.39 is 5.60 Å². The van der Waals surface area contributed by atoms with Crippen LogP contribution in [-0.4, -0.2) is 66.0 Å². The Hall–Kier alpha value is -1.79. The fraction of sp³-hybridized carbons (Fsp3) is 0.833. The molecule has 7 nitrogen and oxygen atoms in total. The van der Waals surface area contributed by atoms with E-state index in [-0.39, 0.29) is 30.7 Å². The summed E-state index contributed by atoms with van der Waals surface area (Å²) in [5.74, 6) is -0.107. The Morgan fingerprint density at radius 2 is 1.56 bits per heavy atom. The van der Waals surface area contributed by atoms with E-state index in [0.717, 1.165) is 19.3 Å². The van der Waals surface area contributed by atoms with Crippen molar-refractivity contribution in [3.05, 3.63) is 0 Å². The van der Waals surface area contributed by atoms with Crippen molar-refractivity contribution in [2.24, 2.45) is 0 Å². The Kier molecular flexibility index (Phi) is 8.72. The van der Waals surface area contributed by atoms with Crippen molar-refractivity contribution in [3.8, 4) is 0 Å². The maximum Gasteiger partial charge on any atom is 0.410 e. The number of rotatable bonds is 7. The van der Waals surface area contributed by atoms with E-state index >= 15 is 0 Å². The molecule has 0 aromatic rings. The summed E-state index contributed by atoms with van der Waals surface area (Å²) in [7, 11) is 0. The minimum absolute atomic E-state index is 0.0347. The second-order valence-electron chi connectivity index (χ2n) is 7.41. The zero-order chi connectivity index (χ0) is 18.9. The summed E-state index contributed by atoms with van der Waals surface area (Å²) in [6.07, 6.45) is 3.28. The molecule has 0 aliphatic carbocycles. The lowest BCUT2D eigenvalue weighted by Crippen LogP contribution is -2.51. The molecule has 0 radical (unpaired) electrons. The van der Waals surface area contributed by atoms with Crippen molar-refractivity contribution in [3.63, 3.8) is 0 Å². The molecule has 1 N–H and O–H groups in total. The molecule has 1 saturated heterocycles. The fourth-order valence-electron chi connectivity index (χ4n) is 2.53. The third kappa shape index (κ3) is 8.74. The molecule has 0 atom stereocenters. The number of nitrogens with zero attached hydrogens (tertiary/aromatic N) is 2. The van der Waals surface area contributed by atoms with Crippen LogP contribution in [0.25, 0.3) is 0 Å². The Morgan fingerprint density at radius 1 is 0.960 bits per heavy atom. The van der Waals surface area contributed by atoms with E-state index in [1.165, 1.54) is 0 Å². The minimum atomic E-state index is -0.519. The summed E-state index contributed by atoms with van der Waals surface area (Å²) in [6, 6.07) is 0. The van der Waals surface area contributed by atoms with Crippen molar-refractivity contribution in [2.75, 3.05) is 32.7 Å². The number of piperazine rings is 1. The molecule has 0 unspecified atom stereocenters. The summed E-state index contributed by atoms with van der Waals surface area (Å²) in [5, 5.41) is 2.84. The second kappa shape index (κ2) is 10.3. The van der Waals surface area contributed by atoms with Gasteiger partial charge in [-0.15, -0.1) is 0 Å². The lowest BCUT2D eigenvalue weighted by Gasteiger charge is -2.35. The molecule has 1 heterocycles. The Labute approximate surface area is 151 Å². The number of amides is 3. The summed E-state index contributed by atoms with van der Waals surface area (Å²) in [6.45, 7) is 10.2. The molecule has 1 fully saturated rings. The van der Waals surface area contributed by atoms with E-state index in [1.54, 1.807) is 9.80 Å². The lowest BCUT2D eigenvalue weighted by molar-refractivity contribution is -0.135.